The van der Waals surface area contributed by atoms with Crippen LogP contribution in [0.2, 0.25) is 0 Å². The van der Waals surface area contributed by atoms with Crippen LogP contribution >= 0.6 is 0 Å². The summed E-state index contributed by atoms with van der Waals surface area (Å²) >= 11 is 0. The van der Waals surface area contributed by atoms with Crippen LogP contribution in [-0.2, 0) is 11.2 Å². The van der Waals surface area contributed by atoms with Crippen molar-refractivity contribution in [3.05, 3.63) is 29.3 Å². The molecule has 0 radical (unpaired) electrons. The molecule has 3 nitrogen and oxygen atoms in total. The summed E-state index contributed by atoms with van der Waals surface area (Å²) in [5.41, 5.74) is 9.49. The lowest BCUT2D eigenvalue weighted by molar-refractivity contribution is -0.115. The van der Waals surface area contributed by atoms with Gasteiger partial charge in [0.15, 0.2) is 0 Å². The normalized spacial score (nSPS) is 14.9. The summed E-state index contributed by atoms with van der Waals surface area (Å²) in [6, 6.07) is 6.23. The number of anilines is 1. The first-order valence-corrected chi connectivity index (χ1v) is 8.39. The summed E-state index contributed by atoms with van der Waals surface area (Å²) < 4.78 is 0. The molecule has 116 valence electrons. The molecular weight excluding hydrogens is 260 g/mol. The molecule has 1 aromatic rings. The topological polar surface area (TPSA) is 55.1 Å². The van der Waals surface area contributed by atoms with Crippen molar-refractivity contribution in [2.75, 3.05) is 5.32 Å². The van der Waals surface area contributed by atoms with Gasteiger partial charge in [0.1, 0.15) is 0 Å². The van der Waals surface area contributed by atoms with Gasteiger partial charge in [0, 0.05) is 11.7 Å². The van der Waals surface area contributed by atoms with Crippen molar-refractivity contribution in [1.29, 1.82) is 0 Å². The van der Waals surface area contributed by atoms with Gasteiger partial charge in [0.25, 0.3) is 0 Å². The van der Waals surface area contributed by atoms with Gasteiger partial charge in [-0.3, -0.25) is 4.79 Å². The molecule has 0 aromatic heterocycles. The van der Waals surface area contributed by atoms with E-state index >= 15 is 0 Å². The molecule has 1 atom stereocenters. The molecular formula is C18H28N2O. The first kappa shape index (κ1) is 16.0. The molecule has 1 aliphatic heterocycles. The molecule has 1 unspecified atom stereocenters. The Hall–Kier alpha value is -1.35. The van der Waals surface area contributed by atoms with Gasteiger partial charge in [0.2, 0.25) is 5.91 Å². The Balaban J connectivity index is 1.70. The minimum Gasteiger partial charge on any atom is -0.326 e. The zero-order valence-corrected chi connectivity index (χ0v) is 13.2. The lowest BCUT2D eigenvalue weighted by Gasteiger charge is -2.13. The monoisotopic (exact) mass is 288 g/mol. The second-order valence-electron chi connectivity index (χ2n) is 6.16. The summed E-state index contributed by atoms with van der Waals surface area (Å²) in [6.45, 7) is 2.25. The molecule has 1 heterocycles. The van der Waals surface area contributed by atoms with E-state index in [0.29, 0.717) is 6.42 Å². The van der Waals surface area contributed by atoms with E-state index in [1.807, 2.05) is 6.07 Å². The number of hydrogen-bond acceptors (Lipinski definition) is 2. The highest BCUT2D eigenvalue weighted by atomic mass is 16.1. The predicted octanol–water partition coefficient (Wildman–Crippen LogP) is 4.32. The molecule has 0 fully saturated rings. The van der Waals surface area contributed by atoms with Crippen LogP contribution in [0.4, 0.5) is 5.69 Å². The van der Waals surface area contributed by atoms with Gasteiger partial charge in [0.05, 0.1) is 6.42 Å². The number of rotatable bonds is 9. The van der Waals surface area contributed by atoms with Crippen LogP contribution in [0.25, 0.3) is 0 Å². The Labute approximate surface area is 128 Å². The molecule has 0 aliphatic carbocycles. The average molecular weight is 288 g/mol. The van der Waals surface area contributed by atoms with Crippen molar-refractivity contribution in [1.82, 2.24) is 0 Å². The number of amides is 1. The molecule has 3 heteroatoms. The molecule has 1 aliphatic rings. The highest BCUT2D eigenvalue weighted by molar-refractivity contribution is 5.99. The third-order valence-corrected chi connectivity index (χ3v) is 4.30. The van der Waals surface area contributed by atoms with Crippen molar-refractivity contribution in [3.63, 3.8) is 0 Å². The van der Waals surface area contributed by atoms with Crippen molar-refractivity contribution in [3.8, 4) is 0 Å². The van der Waals surface area contributed by atoms with E-state index in [9.17, 15) is 4.79 Å². The number of nitrogens with one attached hydrogen (secondary N) is 1. The van der Waals surface area contributed by atoms with Crippen molar-refractivity contribution in [2.24, 2.45) is 5.73 Å². The van der Waals surface area contributed by atoms with Gasteiger partial charge in [-0.1, -0.05) is 64.0 Å². The highest BCUT2D eigenvalue weighted by Crippen LogP contribution is 2.27. The Bertz CT molecular complexity index is 470. The van der Waals surface area contributed by atoms with Crippen LogP contribution in [0.15, 0.2) is 18.2 Å². The summed E-state index contributed by atoms with van der Waals surface area (Å²) in [5.74, 6) is 0.0859. The molecule has 21 heavy (non-hydrogen) atoms. The van der Waals surface area contributed by atoms with E-state index in [4.69, 9.17) is 5.73 Å². The highest BCUT2D eigenvalue weighted by Gasteiger charge is 2.18. The largest absolute Gasteiger partial charge is 0.326 e. The summed E-state index contributed by atoms with van der Waals surface area (Å²) in [5, 5.41) is 2.86. The second-order valence-corrected chi connectivity index (χ2v) is 6.16. The van der Waals surface area contributed by atoms with Crippen molar-refractivity contribution >= 4 is 11.6 Å². The zero-order chi connectivity index (χ0) is 15.1. The summed E-state index contributed by atoms with van der Waals surface area (Å²) in [7, 11) is 0. The summed E-state index contributed by atoms with van der Waals surface area (Å²) in [4.78, 5) is 11.4. The van der Waals surface area contributed by atoms with Gasteiger partial charge >= 0.3 is 0 Å². The van der Waals surface area contributed by atoms with Crippen LogP contribution < -0.4 is 11.1 Å². The number of hydrogen-bond donors (Lipinski definition) is 2. The van der Waals surface area contributed by atoms with E-state index in [2.05, 4.69) is 24.4 Å². The summed E-state index contributed by atoms with van der Waals surface area (Å²) in [6.07, 6.45) is 10.7. The van der Waals surface area contributed by atoms with Crippen LogP contribution in [0.1, 0.15) is 75.5 Å². The third-order valence-electron chi connectivity index (χ3n) is 4.30. The van der Waals surface area contributed by atoms with E-state index < -0.39 is 0 Å². The Kier molecular flexibility index (Phi) is 6.24. The molecule has 0 saturated heterocycles. The molecule has 0 saturated carbocycles. The van der Waals surface area contributed by atoms with E-state index in [-0.39, 0.29) is 11.9 Å². The van der Waals surface area contributed by atoms with Crippen molar-refractivity contribution in [2.45, 2.75) is 70.8 Å². The predicted molar refractivity (Wildman–Crippen MR) is 88.3 cm³/mol. The number of fused-ring (bicyclic) bond motifs is 1. The Morgan fingerprint density at radius 3 is 2.62 bits per heavy atom. The minimum absolute atomic E-state index is 0.0859. The average Bonchev–Trinajstić information content (AvgIpc) is 2.85. The zero-order valence-electron chi connectivity index (χ0n) is 13.2. The smallest absolute Gasteiger partial charge is 0.228 e. The van der Waals surface area contributed by atoms with E-state index in [1.165, 1.54) is 44.9 Å². The van der Waals surface area contributed by atoms with Crippen LogP contribution in [0, 0.1) is 0 Å². The van der Waals surface area contributed by atoms with Crippen LogP contribution in [0.3, 0.4) is 0 Å². The second kappa shape index (κ2) is 8.18. The lowest BCUT2D eigenvalue weighted by Crippen LogP contribution is -2.10. The number of benzene rings is 1. The van der Waals surface area contributed by atoms with Gasteiger partial charge in [-0.25, -0.2) is 0 Å². The number of carbonyl (C=O) groups is 1. The first-order chi connectivity index (χ1) is 10.2. The lowest BCUT2D eigenvalue weighted by atomic mass is 9.98. The fourth-order valence-corrected chi connectivity index (χ4v) is 2.97. The maximum absolute atomic E-state index is 11.4. The Morgan fingerprint density at radius 1 is 1.14 bits per heavy atom. The number of unbranched alkanes of at least 4 members (excludes halogenated alkanes) is 6. The molecule has 3 N–H and O–H groups in total. The fraction of sp³-hybridized carbons (Fsp3) is 0.611. The van der Waals surface area contributed by atoms with Crippen LogP contribution in [0.5, 0.6) is 0 Å². The Morgan fingerprint density at radius 2 is 1.86 bits per heavy atom. The van der Waals surface area contributed by atoms with E-state index in [0.717, 1.165) is 23.2 Å². The van der Waals surface area contributed by atoms with Crippen LogP contribution in [-0.4, -0.2) is 5.91 Å². The standard InChI is InChI=1S/C18H28N2O/c1-2-3-4-5-6-7-8-9-16(19)14-10-11-17-15(12-14)13-18(21)20-17/h10-12,16H,2-9,13,19H2,1H3,(H,20,21). The molecule has 0 bridgehead atoms. The first-order valence-electron chi connectivity index (χ1n) is 8.39. The molecule has 1 aromatic carbocycles. The van der Waals surface area contributed by atoms with E-state index in [1.54, 1.807) is 0 Å². The number of carbonyl (C=O) groups excluding carboxylic acids is 1. The molecule has 1 amide bonds. The SMILES string of the molecule is CCCCCCCCCC(N)c1ccc2c(c1)CC(=O)N2. The minimum atomic E-state index is 0.0859. The maximum atomic E-state index is 11.4. The quantitative estimate of drug-likeness (QED) is 0.665. The van der Waals surface area contributed by atoms with Gasteiger partial charge in [-0.15, -0.1) is 0 Å². The van der Waals surface area contributed by atoms with Gasteiger partial charge in [-0.05, 0) is 23.6 Å². The number of nitrogens with two attached hydrogens (primary N) is 1. The van der Waals surface area contributed by atoms with Gasteiger partial charge < -0.3 is 11.1 Å². The molecule has 2 rings (SSSR count). The fourth-order valence-electron chi connectivity index (χ4n) is 2.97. The molecule has 0 spiro atoms. The van der Waals surface area contributed by atoms with Crippen molar-refractivity contribution < 1.29 is 4.79 Å². The third kappa shape index (κ3) is 4.85. The van der Waals surface area contributed by atoms with Gasteiger partial charge in [-0.2, -0.15) is 0 Å². The maximum Gasteiger partial charge on any atom is 0.228 e.